The molecule has 7 heteroatoms. The molecule has 38 heavy (non-hydrogen) atoms. The maximum absolute atomic E-state index is 13.4. The third kappa shape index (κ3) is 6.84. The van der Waals surface area contributed by atoms with Crippen LogP contribution in [0.4, 0.5) is 8.78 Å². The van der Waals surface area contributed by atoms with Crippen LogP contribution in [0.15, 0.2) is 78.2 Å². The Kier molecular flexibility index (Phi) is 9.14. The molecule has 4 aromatic rings. The predicted octanol–water partition coefficient (Wildman–Crippen LogP) is 6.42. The standard InChI is InChI=1S/C31H34F2N2O2S/c32-25-10-6-23(7-11-25)31(24-8-12-26(33)13-9-24)37-21-3-15-34-17-19-35(20-18-34)16-14-29(36)28-22-38-30-5-2-1-4-27(28)30/h1-2,4-13,22,29,31,36H,3,14-21H2. The van der Waals surface area contributed by atoms with Crippen LogP contribution >= 0.6 is 11.3 Å². The molecule has 1 fully saturated rings. The average Bonchev–Trinajstić information content (AvgIpc) is 3.38. The van der Waals surface area contributed by atoms with Crippen LogP contribution in [0.3, 0.4) is 0 Å². The number of thiophene rings is 1. The Morgan fingerprint density at radius 1 is 0.789 bits per heavy atom. The van der Waals surface area contributed by atoms with Crippen LogP contribution in [0.1, 0.15) is 41.7 Å². The zero-order valence-electron chi connectivity index (χ0n) is 21.4. The number of aliphatic hydroxyl groups is 1. The van der Waals surface area contributed by atoms with Crippen molar-refractivity contribution in [2.45, 2.75) is 25.0 Å². The topological polar surface area (TPSA) is 35.9 Å². The second kappa shape index (κ2) is 12.9. The molecule has 2 heterocycles. The van der Waals surface area contributed by atoms with Gasteiger partial charge in [-0.2, -0.15) is 0 Å². The molecule has 1 saturated heterocycles. The summed E-state index contributed by atoms with van der Waals surface area (Å²) in [5, 5.41) is 14.0. The van der Waals surface area contributed by atoms with Gasteiger partial charge in [-0.1, -0.05) is 42.5 Å². The summed E-state index contributed by atoms with van der Waals surface area (Å²) in [5.74, 6) is -0.583. The minimum Gasteiger partial charge on any atom is -0.388 e. The van der Waals surface area contributed by atoms with E-state index >= 15 is 0 Å². The van der Waals surface area contributed by atoms with Crippen molar-refractivity contribution >= 4 is 21.4 Å². The largest absolute Gasteiger partial charge is 0.388 e. The Bertz CT molecular complexity index is 1240. The van der Waals surface area contributed by atoms with Crippen molar-refractivity contribution in [1.82, 2.24) is 9.80 Å². The number of rotatable bonds is 11. The second-order valence-electron chi connectivity index (χ2n) is 9.88. The molecule has 200 valence electrons. The van der Waals surface area contributed by atoms with E-state index in [0.717, 1.165) is 74.2 Å². The first-order chi connectivity index (χ1) is 18.6. The molecule has 1 unspecified atom stereocenters. The number of piperazine rings is 1. The van der Waals surface area contributed by atoms with Crippen molar-refractivity contribution in [3.8, 4) is 0 Å². The Labute approximate surface area is 227 Å². The highest BCUT2D eigenvalue weighted by Gasteiger charge is 2.20. The summed E-state index contributed by atoms with van der Waals surface area (Å²) in [6, 6.07) is 20.9. The quantitative estimate of drug-likeness (QED) is 0.225. The van der Waals surface area contributed by atoms with Gasteiger partial charge in [0, 0.05) is 50.6 Å². The van der Waals surface area contributed by atoms with E-state index in [9.17, 15) is 13.9 Å². The second-order valence-corrected chi connectivity index (χ2v) is 10.8. The fraction of sp³-hybridized carbons (Fsp3) is 0.355. The van der Waals surface area contributed by atoms with Crippen LogP contribution < -0.4 is 0 Å². The monoisotopic (exact) mass is 536 g/mol. The summed E-state index contributed by atoms with van der Waals surface area (Å²) in [4.78, 5) is 4.89. The van der Waals surface area contributed by atoms with Crippen LogP contribution in [0.2, 0.25) is 0 Å². The van der Waals surface area contributed by atoms with Crippen molar-refractivity contribution in [2.24, 2.45) is 0 Å². The number of nitrogens with zero attached hydrogens (tertiary/aromatic N) is 2. The van der Waals surface area contributed by atoms with Gasteiger partial charge in [0.1, 0.15) is 17.7 Å². The lowest BCUT2D eigenvalue weighted by Crippen LogP contribution is -2.47. The Balaban J connectivity index is 1.05. The fourth-order valence-electron chi connectivity index (χ4n) is 5.10. The molecule has 1 aliphatic heterocycles. The SMILES string of the molecule is OC(CCN1CCN(CCCOC(c2ccc(F)cc2)c2ccc(F)cc2)CC1)c1csc2ccccc12. The highest BCUT2D eigenvalue weighted by Crippen LogP contribution is 2.32. The van der Waals surface area contributed by atoms with E-state index in [1.165, 1.54) is 29.0 Å². The average molecular weight is 537 g/mol. The van der Waals surface area contributed by atoms with Crippen molar-refractivity contribution in [3.63, 3.8) is 0 Å². The number of ether oxygens (including phenoxy) is 1. The summed E-state index contributed by atoms with van der Waals surface area (Å²) >= 11 is 1.69. The van der Waals surface area contributed by atoms with Gasteiger partial charge in [-0.3, -0.25) is 0 Å². The first-order valence-corrected chi connectivity index (χ1v) is 14.2. The number of aliphatic hydroxyl groups excluding tert-OH is 1. The number of hydrogen-bond acceptors (Lipinski definition) is 5. The number of fused-ring (bicyclic) bond motifs is 1. The van der Waals surface area contributed by atoms with Gasteiger partial charge in [0.05, 0.1) is 6.10 Å². The van der Waals surface area contributed by atoms with Crippen molar-refractivity contribution < 1.29 is 18.6 Å². The van der Waals surface area contributed by atoms with Crippen LogP contribution in [-0.2, 0) is 4.74 Å². The van der Waals surface area contributed by atoms with E-state index in [4.69, 9.17) is 4.74 Å². The molecule has 3 aromatic carbocycles. The molecular weight excluding hydrogens is 502 g/mol. The van der Waals surface area contributed by atoms with Gasteiger partial charge in [-0.25, -0.2) is 8.78 Å². The van der Waals surface area contributed by atoms with Crippen LogP contribution in [0, 0.1) is 11.6 Å². The highest BCUT2D eigenvalue weighted by molar-refractivity contribution is 7.17. The Morgan fingerprint density at radius 2 is 1.37 bits per heavy atom. The molecule has 1 aromatic heterocycles. The smallest absolute Gasteiger partial charge is 0.123 e. The lowest BCUT2D eigenvalue weighted by atomic mass is 10.0. The van der Waals surface area contributed by atoms with E-state index in [2.05, 4.69) is 27.3 Å². The Hall–Kier alpha value is -2.68. The van der Waals surface area contributed by atoms with Crippen molar-refractivity contribution in [2.75, 3.05) is 45.9 Å². The molecule has 0 radical (unpaired) electrons. The zero-order valence-corrected chi connectivity index (χ0v) is 22.3. The summed E-state index contributed by atoms with van der Waals surface area (Å²) in [6.45, 7) is 6.36. The molecule has 1 N–H and O–H groups in total. The maximum atomic E-state index is 13.4. The van der Waals surface area contributed by atoms with E-state index in [-0.39, 0.29) is 17.7 Å². The minimum absolute atomic E-state index is 0.291. The van der Waals surface area contributed by atoms with Gasteiger partial charge in [0.25, 0.3) is 0 Å². The summed E-state index contributed by atoms with van der Waals surface area (Å²) in [5.41, 5.74) is 2.75. The predicted molar refractivity (Wildman–Crippen MR) is 149 cm³/mol. The normalized spacial score (nSPS) is 15.9. The van der Waals surface area contributed by atoms with Gasteiger partial charge in [0.15, 0.2) is 0 Å². The van der Waals surface area contributed by atoms with Crippen LogP contribution in [0.5, 0.6) is 0 Å². The molecule has 0 aliphatic carbocycles. The van der Waals surface area contributed by atoms with Crippen LogP contribution in [0.25, 0.3) is 10.1 Å². The van der Waals surface area contributed by atoms with E-state index in [1.807, 2.05) is 12.1 Å². The molecule has 0 bridgehead atoms. The van der Waals surface area contributed by atoms with Gasteiger partial charge in [-0.15, -0.1) is 11.3 Å². The van der Waals surface area contributed by atoms with Crippen molar-refractivity contribution in [1.29, 1.82) is 0 Å². The zero-order chi connectivity index (χ0) is 26.3. The van der Waals surface area contributed by atoms with Gasteiger partial charge >= 0.3 is 0 Å². The van der Waals surface area contributed by atoms with E-state index in [1.54, 1.807) is 35.6 Å². The number of halogens is 2. The van der Waals surface area contributed by atoms with Gasteiger partial charge < -0.3 is 19.6 Å². The van der Waals surface area contributed by atoms with Gasteiger partial charge in [0.2, 0.25) is 0 Å². The number of benzene rings is 3. The highest BCUT2D eigenvalue weighted by atomic mass is 32.1. The molecule has 1 aliphatic rings. The summed E-state index contributed by atoms with van der Waals surface area (Å²) < 4.78 is 34.3. The first-order valence-electron chi connectivity index (χ1n) is 13.3. The molecule has 1 atom stereocenters. The van der Waals surface area contributed by atoms with E-state index < -0.39 is 6.10 Å². The molecule has 4 nitrogen and oxygen atoms in total. The fourth-order valence-corrected chi connectivity index (χ4v) is 6.11. The molecule has 0 amide bonds. The number of hydrogen-bond donors (Lipinski definition) is 1. The third-order valence-electron chi connectivity index (χ3n) is 7.30. The summed E-state index contributed by atoms with van der Waals surface area (Å²) in [7, 11) is 0. The third-order valence-corrected chi connectivity index (χ3v) is 8.28. The van der Waals surface area contributed by atoms with Gasteiger partial charge in [-0.05, 0) is 70.6 Å². The summed E-state index contributed by atoms with van der Waals surface area (Å²) in [6.07, 6.45) is 0.822. The minimum atomic E-state index is -0.434. The lowest BCUT2D eigenvalue weighted by Gasteiger charge is -2.35. The first kappa shape index (κ1) is 26.9. The molecule has 5 rings (SSSR count). The molecule has 0 saturated carbocycles. The van der Waals surface area contributed by atoms with Crippen LogP contribution in [-0.4, -0.2) is 60.8 Å². The van der Waals surface area contributed by atoms with Crippen molar-refractivity contribution in [3.05, 3.63) is 107 Å². The Morgan fingerprint density at radius 3 is 2.00 bits per heavy atom. The maximum Gasteiger partial charge on any atom is 0.123 e. The molecular formula is C31H34F2N2O2S. The molecule has 0 spiro atoms. The van der Waals surface area contributed by atoms with E-state index in [0.29, 0.717) is 6.61 Å². The lowest BCUT2D eigenvalue weighted by molar-refractivity contribution is 0.0621.